The Bertz CT molecular complexity index is 499. The highest BCUT2D eigenvalue weighted by atomic mass is 19.4. The van der Waals surface area contributed by atoms with Crippen LogP contribution in [0.3, 0.4) is 0 Å². The van der Waals surface area contributed by atoms with E-state index >= 15 is 0 Å². The molecule has 1 aromatic rings. The molecule has 0 saturated heterocycles. The number of rotatable bonds is 5. The fourth-order valence-corrected chi connectivity index (χ4v) is 1.63. The molecule has 2 rings (SSSR count). The standard InChI is InChI=1S/C13H15F3N2O2/c14-13(15,16)9-2-1-3-10(8-9)20-7-6-18-11(19)12(17)4-5-12/h1-3,8H,4-7,17H2,(H,18,19). The fraction of sp³-hybridized carbons (Fsp3) is 0.462. The van der Waals surface area contributed by atoms with Crippen molar-refractivity contribution in [2.45, 2.75) is 24.6 Å². The molecule has 4 nitrogen and oxygen atoms in total. The third-order valence-electron chi connectivity index (χ3n) is 3.06. The minimum Gasteiger partial charge on any atom is -0.492 e. The minimum absolute atomic E-state index is 0.0864. The lowest BCUT2D eigenvalue weighted by Crippen LogP contribution is -2.44. The molecule has 0 spiro atoms. The van der Waals surface area contributed by atoms with Crippen molar-refractivity contribution in [1.29, 1.82) is 0 Å². The van der Waals surface area contributed by atoms with Crippen LogP contribution in [0.25, 0.3) is 0 Å². The predicted octanol–water partition coefficient (Wildman–Crippen LogP) is 1.69. The van der Waals surface area contributed by atoms with Crippen LogP contribution in [-0.4, -0.2) is 24.6 Å². The second-order valence-corrected chi connectivity index (χ2v) is 4.79. The summed E-state index contributed by atoms with van der Waals surface area (Å²) in [6, 6.07) is 4.60. The first-order valence-corrected chi connectivity index (χ1v) is 6.18. The summed E-state index contributed by atoms with van der Waals surface area (Å²) in [5.41, 5.74) is 4.15. The Labute approximate surface area is 114 Å². The average molecular weight is 288 g/mol. The number of carbonyl (C=O) groups is 1. The molecule has 3 N–H and O–H groups in total. The molecule has 0 unspecified atom stereocenters. The highest BCUT2D eigenvalue weighted by molar-refractivity contribution is 5.88. The number of amides is 1. The van der Waals surface area contributed by atoms with E-state index in [1.165, 1.54) is 12.1 Å². The second kappa shape index (κ2) is 5.32. The number of ether oxygens (including phenoxy) is 1. The number of carbonyl (C=O) groups excluding carboxylic acids is 1. The van der Waals surface area contributed by atoms with E-state index in [1.807, 2.05) is 0 Å². The molecule has 0 aromatic heterocycles. The largest absolute Gasteiger partial charge is 0.492 e. The molecule has 0 heterocycles. The van der Waals surface area contributed by atoms with E-state index in [9.17, 15) is 18.0 Å². The monoisotopic (exact) mass is 288 g/mol. The molecular weight excluding hydrogens is 273 g/mol. The zero-order chi connectivity index (χ0) is 14.8. The van der Waals surface area contributed by atoms with Crippen molar-refractivity contribution in [2.75, 3.05) is 13.2 Å². The molecule has 1 fully saturated rings. The Morgan fingerprint density at radius 2 is 2.10 bits per heavy atom. The van der Waals surface area contributed by atoms with Crippen LogP contribution in [0.15, 0.2) is 24.3 Å². The quantitative estimate of drug-likeness (QED) is 0.810. The van der Waals surface area contributed by atoms with Crippen molar-refractivity contribution in [1.82, 2.24) is 5.32 Å². The first-order valence-electron chi connectivity index (χ1n) is 6.18. The van der Waals surface area contributed by atoms with Gasteiger partial charge in [0.15, 0.2) is 0 Å². The minimum atomic E-state index is -4.40. The molecule has 1 aliphatic rings. The third kappa shape index (κ3) is 3.63. The number of hydrogen-bond donors (Lipinski definition) is 2. The van der Waals surface area contributed by atoms with Gasteiger partial charge in [-0.2, -0.15) is 13.2 Å². The summed E-state index contributed by atoms with van der Waals surface area (Å²) in [5.74, 6) is -0.131. The summed E-state index contributed by atoms with van der Waals surface area (Å²) in [6.07, 6.45) is -3.08. The van der Waals surface area contributed by atoms with Crippen molar-refractivity contribution in [3.63, 3.8) is 0 Å². The maximum absolute atomic E-state index is 12.5. The van der Waals surface area contributed by atoms with Crippen LogP contribution >= 0.6 is 0 Å². The van der Waals surface area contributed by atoms with Crippen LogP contribution < -0.4 is 15.8 Å². The maximum atomic E-state index is 12.5. The number of halogens is 3. The molecule has 1 saturated carbocycles. The van der Waals surface area contributed by atoms with Gasteiger partial charge in [0.05, 0.1) is 17.6 Å². The Morgan fingerprint density at radius 3 is 2.70 bits per heavy atom. The lowest BCUT2D eigenvalue weighted by molar-refractivity contribution is -0.137. The van der Waals surface area contributed by atoms with Gasteiger partial charge in [-0.05, 0) is 31.0 Å². The van der Waals surface area contributed by atoms with Crippen LogP contribution in [0, 0.1) is 0 Å². The molecule has 0 radical (unpaired) electrons. The summed E-state index contributed by atoms with van der Waals surface area (Å²) < 4.78 is 42.6. The average Bonchev–Trinajstić information content (AvgIpc) is 3.13. The Morgan fingerprint density at radius 1 is 1.40 bits per heavy atom. The molecule has 1 amide bonds. The van der Waals surface area contributed by atoms with Crippen molar-refractivity contribution in [2.24, 2.45) is 5.73 Å². The van der Waals surface area contributed by atoms with Crippen LogP contribution in [0.5, 0.6) is 5.75 Å². The molecular formula is C13H15F3N2O2. The van der Waals surface area contributed by atoms with E-state index in [4.69, 9.17) is 10.5 Å². The highest BCUT2D eigenvalue weighted by Gasteiger charge is 2.45. The van der Waals surface area contributed by atoms with Crippen molar-refractivity contribution < 1.29 is 22.7 Å². The van der Waals surface area contributed by atoms with E-state index in [1.54, 1.807) is 0 Å². The Kier molecular flexibility index (Phi) is 3.89. The SMILES string of the molecule is NC1(C(=O)NCCOc2cccc(C(F)(F)F)c2)CC1. The Hall–Kier alpha value is -1.76. The molecule has 0 aliphatic heterocycles. The summed E-state index contributed by atoms with van der Waals surface area (Å²) in [7, 11) is 0. The van der Waals surface area contributed by atoms with E-state index < -0.39 is 17.3 Å². The van der Waals surface area contributed by atoms with E-state index in [-0.39, 0.29) is 24.8 Å². The topological polar surface area (TPSA) is 64.4 Å². The first-order chi connectivity index (χ1) is 9.31. The molecule has 1 aromatic carbocycles. The Balaban J connectivity index is 1.78. The van der Waals surface area contributed by atoms with Crippen molar-refractivity contribution in [3.8, 4) is 5.75 Å². The van der Waals surface area contributed by atoms with Gasteiger partial charge in [0, 0.05) is 0 Å². The van der Waals surface area contributed by atoms with Gasteiger partial charge >= 0.3 is 6.18 Å². The van der Waals surface area contributed by atoms with Crippen LogP contribution in [0.4, 0.5) is 13.2 Å². The van der Waals surface area contributed by atoms with Gasteiger partial charge < -0.3 is 15.8 Å². The zero-order valence-electron chi connectivity index (χ0n) is 10.7. The van der Waals surface area contributed by atoms with Gasteiger partial charge in [0.2, 0.25) is 5.91 Å². The normalized spacial score (nSPS) is 16.6. The molecule has 20 heavy (non-hydrogen) atoms. The molecule has 1 aliphatic carbocycles. The van der Waals surface area contributed by atoms with Crippen molar-refractivity contribution >= 4 is 5.91 Å². The van der Waals surface area contributed by atoms with Gasteiger partial charge in [-0.1, -0.05) is 6.07 Å². The number of hydrogen-bond acceptors (Lipinski definition) is 3. The smallest absolute Gasteiger partial charge is 0.416 e. The second-order valence-electron chi connectivity index (χ2n) is 4.79. The highest BCUT2D eigenvalue weighted by Crippen LogP contribution is 2.32. The van der Waals surface area contributed by atoms with Gasteiger partial charge in [-0.25, -0.2) is 0 Å². The van der Waals surface area contributed by atoms with E-state index in [0.29, 0.717) is 12.8 Å². The van der Waals surface area contributed by atoms with E-state index in [0.717, 1.165) is 12.1 Å². The number of nitrogens with one attached hydrogen (secondary N) is 1. The van der Waals surface area contributed by atoms with Gasteiger partial charge in [0.25, 0.3) is 0 Å². The third-order valence-corrected chi connectivity index (χ3v) is 3.06. The lowest BCUT2D eigenvalue weighted by atomic mass is 10.2. The predicted molar refractivity (Wildman–Crippen MR) is 66.1 cm³/mol. The molecule has 0 atom stereocenters. The number of nitrogens with two attached hydrogens (primary N) is 1. The zero-order valence-corrected chi connectivity index (χ0v) is 10.7. The van der Waals surface area contributed by atoms with Crippen LogP contribution in [0.1, 0.15) is 18.4 Å². The molecule has 0 bridgehead atoms. The lowest BCUT2D eigenvalue weighted by Gasteiger charge is -2.12. The first kappa shape index (κ1) is 14.6. The number of alkyl halides is 3. The molecule has 7 heteroatoms. The van der Waals surface area contributed by atoms with Gasteiger partial charge in [-0.15, -0.1) is 0 Å². The van der Waals surface area contributed by atoms with Crippen LogP contribution in [0.2, 0.25) is 0 Å². The van der Waals surface area contributed by atoms with Crippen molar-refractivity contribution in [3.05, 3.63) is 29.8 Å². The van der Waals surface area contributed by atoms with E-state index in [2.05, 4.69) is 5.32 Å². The van der Waals surface area contributed by atoms with Crippen LogP contribution in [-0.2, 0) is 11.0 Å². The summed E-state index contributed by atoms with van der Waals surface area (Å²) >= 11 is 0. The fourth-order valence-electron chi connectivity index (χ4n) is 1.63. The summed E-state index contributed by atoms with van der Waals surface area (Å²) in [6.45, 7) is 0.289. The van der Waals surface area contributed by atoms with Gasteiger partial charge in [0.1, 0.15) is 12.4 Å². The van der Waals surface area contributed by atoms with Gasteiger partial charge in [-0.3, -0.25) is 4.79 Å². The molecule has 110 valence electrons. The summed E-state index contributed by atoms with van der Waals surface area (Å²) in [4.78, 5) is 11.5. The number of benzene rings is 1. The maximum Gasteiger partial charge on any atom is 0.416 e. The summed E-state index contributed by atoms with van der Waals surface area (Å²) in [5, 5.41) is 2.59.